The second-order valence-electron chi connectivity index (χ2n) is 9.69. The van der Waals surface area contributed by atoms with Crippen LogP contribution in [0.15, 0.2) is 71.6 Å². The smallest absolute Gasteiger partial charge is 0.142 e. The van der Waals surface area contributed by atoms with Crippen molar-refractivity contribution in [1.82, 2.24) is 4.90 Å². The van der Waals surface area contributed by atoms with Crippen LogP contribution in [0.1, 0.15) is 35.6 Å². The number of fused-ring (bicyclic) bond motifs is 5. The van der Waals surface area contributed by atoms with Gasteiger partial charge in [-0.1, -0.05) is 36.8 Å². The Morgan fingerprint density at radius 2 is 1.70 bits per heavy atom. The number of piperidine rings is 1. The molecule has 1 fully saturated rings. The number of phenols is 1. The molecule has 0 radical (unpaired) electrons. The second kappa shape index (κ2) is 9.88. The number of hydrogen-bond donors (Lipinski definition) is 1. The van der Waals surface area contributed by atoms with Crippen molar-refractivity contribution < 1.29 is 22.8 Å². The third kappa shape index (κ3) is 4.51. The molecule has 6 rings (SSSR count). The Hall–Kier alpha value is -3.29. The number of rotatable bonds is 5. The Morgan fingerprint density at radius 1 is 0.919 bits per heavy atom. The Balaban J connectivity index is 1.38. The van der Waals surface area contributed by atoms with E-state index in [0.717, 1.165) is 53.3 Å². The Morgan fingerprint density at radius 3 is 2.49 bits per heavy atom. The fraction of sp³-hybridized carbons (Fsp3) is 0.267. The lowest BCUT2D eigenvalue weighted by Gasteiger charge is -2.29. The molecule has 2 atom stereocenters. The van der Waals surface area contributed by atoms with Gasteiger partial charge in [0.2, 0.25) is 0 Å². The molecular formula is C30H27F2NO3S. The number of nitrogens with zero attached hydrogens (tertiary/aromatic N) is 1. The van der Waals surface area contributed by atoms with Crippen LogP contribution in [0, 0.1) is 11.6 Å². The van der Waals surface area contributed by atoms with Crippen LogP contribution in [0.5, 0.6) is 11.5 Å². The van der Waals surface area contributed by atoms with Gasteiger partial charge in [0.05, 0.1) is 20.9 Å². The van der Waals surface area contributed by atoms with Crippen molar-refractivity contribution in [2.24, 2.45) is 0 Å². The lowest BCUT2D eigenvalue weighted by molar-refractivity contribution is 0.183. The highest BCUT2D eigenvalue weighted by atomic mass is 32.2. The average molecular weight is 520 g/mol. The molecule has 7 heteroatoms. The first-order valence-electron chi connectivity index (χ1n) is 12.6. The third-order valence-electron chi connectivity index (χ3n) is 7.33. The van der Waals surface area contributed by atoms with E-state index in [1.54, 1.807) is 24.3 Å². The molecule has 2 aliphatic heterocycles. The van der Waals surface area contributed by atoms with Crippen molar-refractivity contribution >= 4 is 21.6 Å². The van der Waals surface area contributed by atoms with E-state index in [1.165, 1.54) is 25.3 Å². The summed E-state index contributed by atoms with van der Waals surface area (Å²) in [5.41, 5.74) is 2.41. The van der Waals surface area contributed by atoms with Gasteiger partial charge in [0.15, 0.2) is 0 Å². The predicted molar refractivity (Wildman–Crippen MR) is 141 cm³/mol. The van der Waals surface area contributed by atoms with Gasteiger partial charge in [0.25, 0.3) is 0 Å². The van der Waals surface area contributed by atoms with Crippen LogP contribution in [0.4, 0.5) is 8.78 Å². The second-order valence-corrected chi connectivity index (χ2v) is 11.2. The SMILES string of the molecule is O=S1c2c(F)cc(F)cc2-c2ccc3cc(O)ccc3c2C1c1ccc(OCCN2CCCCC2)cc1. The first-order valence-corrected chi connectivity index (χ1v) is 13.8. The monoisotopic (exact) mass is 519 g/mol. The number of ether oxygens (including phenoxy) is 1. The molecule has 190 valence electrons. The van der Waals surface area contributed by atoms with Crippen molar-refractivity contribution in [2.45, 2.75) is 29.4 Å². The molecule has 0 aliphatic carbocycles. The molecule has 4 aromatic rings. The number of benzene rings is 4. The molecule has 2 heterocycles. The summed E-state index contributed by atoms with van der Waals surface area (Å²) in [5, 5.41) is 10.9. The van der Waals surface area contributed by atoms with Crippen molar-refractivity contribution in [3.05, 3.63) is 89.5 Å². The number of halogens is 2. The summed E-state index contributed by atoms with van der Waals surface area (Å²) in [7, 11) is -1.81. The number of phenolic OH excluding ortho intramolecular Hbond substituents is 1. The minimum absolute atomic E-state index is 0.0129. The van der Waals surface area contributed by atoms with Crippen molar-refractivity contribution in [1.29, 1.82) is 0 Å². The maximum atomic E-state index is 15.0. The van der Waals surface area contributed by atoms with Gasteiger partial charge >= 0.3 is 0 Å². The average Bonchev–Trinajstić information content (AvgIpc) is 2.89. The molecule has 4 aromatic carbocycles. The van der Waals surface area contributed by atoms with Gasteiger partial charge in [-0.25, -0.2) is 8.78 Å². The Bertz CT molecular complexity index is 1500. The fourth-order valence-electron chi connectivity index (χ4n) is 5.55. The van der Waals surface area contributed by atoms with Gasteiger partial charge < -0.3 is 9.84 Å². The lowest BCUT2D eigenvalue weighted by atomic mass is 9.89. The fourth-order valence-corrected chi connectivity index (χ4v) is 7.30. The minimum Gasteiger partial charge on any atom is -0.508 e. The summed E-state index contributed by atoms with van der Waals surface area (Å²) in [4.78, 5) is 2.43. The van der Waals surface area contributed by atoms with Crippen LogP contribution in [0.2, 0.25) is 0 Å². The van der Waals surface area contributed by atoms with Crippen LogP contribution in [-0.2, 0) is 10.8 Å². The minimum atomic E-state index is -1.81. The van der Waals surface area contributed by atoms with Crippen molar-refractivity contribution in [2.75, 3.05) is 26.2 Å². The molecule has 1 saturated heterocycles. The topological polar surface area (TPSA) is 49.8 Å². The third-order valence-corrected chi connectivity index (χ3v) is 9.08. The maximum absolute atomic E-state index is 15.0. The van der Waals surface area contributed by atoms with E-state index in [0.29, 0.717) is 17.7 Å². The van der Waals surface area contributed by atoms with E-state index in [9.17, 15) is 18.1 Å². The maximum Gasteiger partial charge on any atom is 0.142 e. The number of hydrogen-bond acceptors (Lipinski definition) is 4. The highest BCUT2D eigenvalue weighted by Crippen LogP contribution is 2.49. The molecular weight excluding hydrogens is 492 g/mol. The number of aromatic hydroxyl groups is 1. The predicted octanol–water partition coefficient (Wildman–Crippen LogP) is 6.57. The lowest BCUT2D eigenvalue weighted by Crippen LogP contribution is -2.33. The summed E-state index contributed by atoms with van der Waals surface area (Å²) in [6.07, 6.45) is 3.77. The van der Waals surface area contributed by atoms with Crippen LogP contribution < -0.4 is 4.74 Å². The van der Waals surface area contributed by atoms with Gasteiger partial charge in [-0.05, 0) is 83.7 Å². The summed E-state index contributed by atoms with van der Waals surface area (Å²) < 4.78 is 49.1. The Kier molecular flexibility index (Phi) is 6.42. The van der Waals surface area contributed by atoms with Gasteiger partial charge in [0.1, 0.15) is 29.7 Å². The molecule has 0 spiro atoms. The van der Waals surface area contributed by atoms with Gasteiger partial charge in [0, 0.05) is 18.2 Å². The van der Waals surface area contributed by atoms with Crippen LogP contribution in [0.3, 0.4) is 0 Å². The zero-order valence-electron chi connectivity index (χ0n) is 20.3. The van der Waals surface area contributed by atoms with E-state index in [1.807, 2.05) is 30.3 Å². The zero-order valence-corrected chi connectivity index (χ0v) is 21.1. The van der Waals surface area contributed by atoms with E-state index >= 15 is 0 Å². The highest BCUT2D eigenvalue weighted by Gasteiger charge is 2.36. The van der Waals surface area contributed by atoms with E-state index in [-0.39, 0.29) is 10.6 Å². The Labute approximate surface area is 217 Å². The van der Waals surface area contributed by atoms with Crippen LogP contribution in [0.25, 0.3) is 21.9 Å². The molecule has 0 amide bonds. The van der Waals surface area contributed by atoms with Gasteiger partial charge in [-0.3, -0.25) is 9.11 Å². The molecule has 37 heavy (non-hydrogen) atoms. The van der Waals surface area contributed by atoms with Crippen LogP contribution in [-0.4, -0.2) is 40.5 Å². The van der Waals surface area contributed by atoms with Crippen LogP contribution >= 0.6 is 0 Å². The van der Waals surface area contributed by atoms with Gasteiger partial charge in [-0.15, -0.1) is 0 Å². The normalized spacial score (nSPS) is 19.4. The quantitative estimate of drug-likeness (QED) is 0.324. The molecule has 0 aromatic heterocycles. The highest BCUT2D eigenvalue weighted by molar-refractivity contribution is 7.85. The first-order chi connectivity index (χ1) is 18.0. The number of likely N-dealkylation sites (tertiary alicyclic amines) is 1. The van der Waals surface area contributed by atoms with Gasteiger partial charge in [-0.2, -0.15) is 0 Å². The van der Waals surface area contributed by atoms with Crippen molar-refractivity contribution in [3.8, 4) is 22.6 Å². The summed E-state index contributed by atoms with van der Waals surface area (Å²) in [5.74, 6) is -0.689. The van der Waals surface area contributed by atoms with Crippen molar-refractivity contribution in [3.63, 3.8) is 0 Å². The van der Waals surface area contributed by atoms with E-state index in [4.69, 9.17) is 4.74 Å². The van der Waals surface area contributed by atoms with E-state index in [2.05, 4.69) is 4.90 Å². The van der Waals surface area contributed by atoms with E-state index < -0.39 is 27.7 Å². The molecule has 2 aliphatic rings. The molecule has 2 unspecified atom stereocenters. The summed E-state index contributed by atoms with van der Waals surface area (Å²) in [6, 6.07) is 18.1. The standard InChI is InChI=1S/C30H27F2NO3S/c31-21-17-26-25-10-6-20-16-22(34)7-11-24(20)28(25)29(37(35)30(26)27(32)18-21)19-4-8-23(9-5-19)36-15-14-33-12-2-1-3-13-33/h4-11,16-18,29,34H,1-3,12-15H2. The summed E-state index contributed by atoms with van der Waals surface area (Å²) in [6.45, 7) is 3.70. The summed E-state index contributed by atoms with van der Waals surface area (Å²) >= 11 is 0. The molecule has 0 bridgehead atoms. The zero-order chi connectivity index (χ0) is 25.5. The molecule has 0 saturated carbocycles. The first kappa shape index (κ1) is 24.1. The molecule has 1 N–H and O–H groups in total. The molecule has 4 nitrogen and oxygen atoms in total. The largest absolute Gasteiger partial charge is 0.508 e.